The van der Waals surface area contributed by atoms with E-state index in [0.717, 1.165) is 11.1 Å². The topological polar surface area (TPSA) is 81.4 Å². The van der Waals surface area contributed by atoms with Gasteiger partial charge in [0.25, 0.3) is 0 Å². The third kappa shape index (κ3) is 7.42. The molecule has 2 aromatic carbocycles. The molecule has 0 saturated heterocycles. The predicted octanol–water partition coefficient (Wildman–Crippen LogP) is 3.28. The Bertz CT molecular complexity index is 743. The van der Waals surface area contributed by atoms with Gasteiger partial charge in [0.1, 0.15) is 0 Å². The van der Waals surface area contributed by atoms with Gasteiger partial charge >= 0.3 is 0 Å². The van der Waals surface area contributed by atoms with Crippen LogP contribution in [0.15, 0.2) is 54.6 Å². The summed E-state index contributed by atoms with van der Waals surface area (Å²) in [4.78, 5) is 12.5. The number of halogens is 1. The van der Waals surface area contributed by atoms with E-state index in [2.05, 4.69) is 5.32 Å². The molecular formula is C20H27ClN2O3S. The van der Waals surface area contributed by atoms with Crippen LogP contribution in [0.1, 0.15) is 24.1 Å². The van der Waals surface area contributed by atoms with E-state index < -0.39 is 10.8 Å². The Kier molecular flexibility index (Phi) is 10.3. The minimum Gasteiger partial charge on any atom is -0.384 e. The summed E-state index contributed by atoms with van der Waals surface area (Å²) in [6, 6.07) is 16.6. The zero-order valence-electron chi connectivity index (χ0n) is 15.6. The van der Waals surface area contributed by atoms with Crippen LogP contribution in [0, 0.1) is 5.92 Å². The van der Waals surface area contributed by atoms with E-state index in [1.807, 2.05) is 61.5 Å². The zero-order valence-corrected chi connectivity index (χ0v) is 17.2. The Labute approximate surface area is 169 Å². The maximum absolute atomic E-state index is 12.5. The molecule has 2 rings (SSSR count). The van der Waals surface area contributed by atoms with Gasteiger partial charge < -0.3 is 15.8 Å². The lowest BCUT2D eigenvalue weighted by Gasteiger charge is -2.20. The van der Waals surface area contributed by atoms with E-state index in [9.17, 15) is 9.00 Å². The number of carbonyl (C=O) groups is 1. The number of anilines is 1. The van der Waals surface area contributed by atoms with Crippen LogP contribution in [-0.2, 0) is 26.1 Å². The van der Waals surface area contributed by atoms with Crippen molar-refractivity contribution in [3.8, 4) is 0 Å². The third-order valence-corrected chi connectivity index (χ3v) is 5.45. The van der Waals surface area contributed by atoms with Crippen LogP contribution in [0.4, 0.5) is 5.69 Å². The summed E-state index contributed by atoms with van der Waals surface area (Å²) in [5.41, 5.74) is 8.75. The fourth-order valence-corrected chi connectivity index (χ4v) is 3.60. The van der Waals surface area contributed by atoms with Crippen molar-refractivity contribution in [2.45, 2.75) is 18.7 Å². The molecular weight excluding hydrogens is 384 g/mol. The number of nitrogens with two attached hydrogens (primary N) is 1. The number of methoxy groups -OCH3 is 1. The van der Waals surface area contributed by atoms with E-state index in [4.69, 9.17) is 10.5 Å². The standard InChI is InChI=1S/C20H26N2O3S.ClH/c1-15(19(21)17-8-4-3-5-9-17)20(23)22-18-10-6-7-16(13-18)14-26(24)12-11-25-2;/h3-10,13,15,19H,11-12,14,21H2,1-2H3,(H,22,23);1H. The van der Waals surface area contributed by atoms with Gasteiger partial charge in [0.05, 0.1) is 12.5 Å². The van der Waals surface area contributed by atoms with Gasteiger partial charge in [-0.25, -0.2) is 0 Å². The molecule has 0 saturated carbocycles. The van der Waals surface area contributed by atoms with Gasteiger partial charge in [0, 0.05) is 41.1 Å². The van der Waals surface area contributed by atoms with Crippen molar-refractivity contribution in [1.82, 2.24) is 0 Å². The highest BCUT2D eigenvalue weighted by Crippen LogP contribution is 2.21. The van der Waals surface area contributed by atoms with Crippen molar-refractivity contribution in [3.63, 3.8) is 0 Å². The average Bonchev–Trinajstić information content (AvgIpc) is 2.66. The van der Waals surface area contributed by atoms with Gasteiger partial charge in [-0.05, 0) is 23.3 Å². The number of hydrogen-bond acceptors (Lipinski definition) is 4. The molecule has 0 fully saturated rings. The van der Waals surface area contributed by atoms with E-state index >= 15 is 0 Å². The highest BCUT2D eigenvalue weighted by atomic mass is 35.5. The molecule has 0 heterocycles. The van der Waals surface area contributed by atoms with Crippen LogP contribution in [0.25, 0.3) is 0 Å². The Morgan fingerprint density at radius 2 is 1.89 bits per heavy atom. The molecule has 27 heavy (non-hydrogen) atoms. The molecule has 0 aromatic heterocycles. The van der Waals surface area contributed by atoms with Crippen molar-refractivity contribution in [2.24, 2.45) is 11.7 Å². The molecule has 148 valence electrons. The van der Waals surface area contributed by atoms with E-state index in [0.29, 0.717) is 23.8 Å². The molecule has 7 heteroatoms. The second-order valence-electron chi connectivity index (χ2n) is 6.20. The van der Waals surface area contributed by atoms with Gasteiger partial charge in [-0.2, -0.15) is 0 Å². The first-order valence-electron chi connectivity index (χ1n) is 8.55. The summed E-state index contributed by atoms with van der Waals surface area (Å²) in [5.74, 6) is 0.415. The fourth-order valence-electron chi connectivity index (χ4n) is 2.56. The molecule has 3 unspecified atom stereocenters. The van der Waals surface area contributed by atoms with E-state index in [1.54, 1.807) is 7.11 Å². The van der Waals surface area contributed by atoms with E-state index in [1.165, 1.54) is 0 Å². The van der Waals surface area contributed by atoms with Crippen molar-refractivity contribution in [1.29, 1.82) is 0 Å². The van der Waals surface area contributed by atoms with Crippen molar-refractivity contribution < 1.29 is 13.7 Å². The molecule has 0 radical (unpaired) electrons. The highest BCUT2D eigenvalue weighted by molar-refractivity contribution is 7.84. The van der Waals surface area contributed by atoms with Crippen molar-refractivity contribution in [2.75, 3.05) is 24.8 Å². The van der Waals surface area contributed by atoms with Gasteiger partial charge in [-0.15, -0.1) is 12.4 Å². The maximum Gasteiger partial charge on any atom is 0.229 e. The lowest BCUT2D eigenvalue weighted by molar-refractivity contribution is -0.120. The highest BCUT2D eigenvalue weighted by Gasteiger charge is 2.22. The molecule has 3 N–H and O–H groups in total. The molecule has 0 aliphatic heterocycles. The quantitative estimate of drug-likeness (QED) is 0.664. The molecule has 3 atom stereocenters. The predicted molar refractivity (Wildman–Crippen MR) is 113 cm³/mol. The molecule has 2 aromatic rings. The Morgan fingerprint density at radius 1 is 1.19 bits per heavy atom. The number of amides is 1. The van der Waals surface area contributed by atoms with Crippen LogP contribution in [0.2, 0.25) is 0 Å². The van der Waals surface area contributed by atoms with Crippen LogP contribution < -0.4 is 11.1 Å². The number of nitrogens with one attached hydrogen (secondary N) is 1. The Balaban J connectivity index is 0.00000364. The number of rotatable bonds is 9. The minimum absolute atomic E-state index is 0. The molecule has 5 nitrogen and oxygen atoms in total. The monoisotopic (exact) mass is 410 g/mol. The van der Waals surface area contributed by atoms with Crippen LogP contribution in [0.3, 0.4) is 0 Å². The van der Waals surface area contributed by atoms with Crippen LogP contribution in [0.5, 0.6) is 0 Å². The summed E-state index contributed by atoms with van der Waals surface area (Å²) >= 11 is 0. The van der Waals surface area contributed by atoms with Gasteiger partial charge in [0.2, 0.25) is 5.91 Å². The van der Waals surface area contributed by atoms with Gasteiger partial charge in [0.15, 0.2) is 0 Å². The van der Waals surface area contributed by atoms with E-state index in [-0.39, 0.29) is 30.3 Å². The summed E-state index contributed by atoms with van der Waals surface area (Å²) in [5, 5.41) is 2.91. The SMILES string of the molecule is COCCS(=O)Cc1cccc(NC(=O)C(C)C(N)c2ccccc2)c1.Cl. The first kappa shape index (κ1) is 23.3. The van der Waals surface area contributed by atoms with Gasteiger partial charge in [-0.1, -0.05) is 49.4 Å². The molecule has 0 aliphatic carbocycles. The fraction of sp³-hybridized carbons (Fsp3) is 0.350. The Hall–Kier alpha value is -1.73. The largest absolute Gasteiger partial charge is 0.384 e. The Morgan fingerprint density at radius 3 is 2.56 bits per heavy atom. The van der Waals surface area contributed by atoms with Crippen molar-refractivity contribution >= 4 is 34.8 Å². The van der Waals surface area contributed by atoms with Gasteiger partial charge in [-0.3, -0.25) is 9.00 Å². The number of benzene rings is 2. The maximum atomic E-state index is 12.5. The lowest BCUT2D eigenvalue weighted by atomic mass is 9.94. The molecule has 1 amide bonds. The first-order valence-corrected chi connectivity index (χ1v) is 10.0. The summed E-state index contributed by atoms with van der Waals surface area (Å²) in [6.07, 6.45) is 0. The third-order valence-electron chi connectivity index (χ3n) is 4.17. The average molecular weight is 411 g/mol. The summed E-state index contributed by atoms with van der Waals surface area (Å²) in [7, 11) is 0.601. The zero-order chi connectivity index (χ0) is 18.9. The molecule has 0 spiro atoms. The van der Waals surface area contributed by atoms with Crippen LogP contribution >= 0.6 is 12.4 Å². The normalized spacial score (nSPS) is 13.9. The molecule has 0 bridgehead atoms. The lowest BCUT2D eigenvalue weighted by Crippen LogP contribution is -2.30. The number of ether oxygens (including phenoxy) is 1. The second-order valence-corrected chi connectivity index (χ2v) is 7.77. The smallest absolute Gasteiger partial charge is 0.229 e. The van der Waals surface area contributed by atoms with Crippen molar-refractivity contribution in [3.05, 3.63) is 65.7 Å². The minimum atomic E-state index is -0.991. The summed E-state index contributed by atoms with van der Waals surface area (Å²) < 4.78 is 16.9. The van der Waals surface area contributed by atoms with Crippen LogP contribution in [-0.4, -0.2) is 29.6 Å². The molecule has 0 aliphatic rings. The first-order chi connectivity index (χ1) is 12.5. The summed E-state index contributed by atoms with van der Waals surface area (Å²) in [6.45, 7) is 2.29. The number of hydrogen-bond donors (Lipinski definition) is 2. The second kappa shape index (κ2) is 11.9. The number of carbonyl (C=O) groups excluding carboxylic acids is 1.